The standard InChI is InChI=1S/C29H28ClN3O5/c1-37-23-12-11-20(17-24(23)38-2)13-15-31-27(34)21-9-6-10-22(18-21)32-26-25(30)28(35)33(29(26)36)16-14-19-7-4-3-5-8-19/h3-12,17-18,32H,13-16H2,1-2H3,(H,31,34). The number of amides is 3. The molecule has 0 aliphatic carbocycles. The largest absolute Gasteiger partial charge is 0.493 e. The lowest BCUT2D eigenvalue weighted by Gasteiger charge is -2.15. The Morgan fingerprint density at radius 3 is 2.34 bits per heavy atom. The minimum Gasteiger partial charge on any atom is -0.493 e. The predicted molar refractivity (Wildman–Crippen MR) is 145 cm³/mol. The van der Waals surface area contributed by atoms with Crippen LogP contribution >= 0.6 is 11.6 Å². The molecular formula is C29H28ClN3O5. The number of hydrogen-bond donors (Lipinski definition) is 2. The second-order valence-corrected chi connectivity index (χ2v) is 8.97. The molecule has 38 heavy (non-hydrogen) atoms. The van der Waals surface area contributed by atoms with Crippen LogP contribution in [-0.4, -0.2) is 49.9 Å². The van der Waals surface area contributed by atoms with Crippen LogP contribution in [0, 0.1) is 0 Å². The molecule has 196 valence electrons. The van der Waals surface area contributed by atoms with E-state index in [4.69, 9.17) is 21.1 Å². The quantitative estimate of drug-likeness (QED) is 0.359. The van der Waals surface area contributed by atoms with Gasteiger partial charge in [0.1, 0.15) is 10.7 Å². The fraction of sp³-hybridized carbons (Fsp3) is 0.207. The molecule has 8 nitrogen and oxygen atoms in total. The molecule has 2 N–H and O–H groups in total. The van der Waals surface area contributed by atoms with E-state index >= 15 is 0 Å². The number of nitrogens with one attached hydrogen (secondary N) is 2. The van der Waals surface area contributed by atoms with E-state index < -0.39 is 11.8 Å². The van der Waals surface area contributed by atoms with Crippen molar-refractivity contribution in [1.82, 2.24) is 10.2 Å². The normalized spacial score (nSPS) is 13.1. The summed E-state index contributed by atoms with van der Waals surface area (Å²) in [7, 11) is 3.15. The summed E-state index contributed by atoms with van der Waals surface area (Å²) < 4.78 is 10.6. The highest BCUT2D eigenvalue weighted by atomic mass is 35.5. The topological polar surface area (TPSA) is 97.0 Å². The van der Waals surface area contributed by atoms with E-state index in [2.05, 4.69) is 10.6 Å². The first-order chi connectivity index (χ1) is 18.4. The number of ether oxygens (including phenoxy) is 2. The van der Waals surface area contributed by atoms with Gasteiger partial charge in [-0.25, -0.2) is 0 Å². The SMILES string of the molecule is COc1ccc(CCNC(=O)c2cccc(NC3=C(Cl)C(=O)N(CCc4ccccc4)C3=O)c2)cc1OC. The van der Waals surface area contributed by atoms with Crippen LogP contribution in [0.1, 0.15) is 21.5 Å². The molecule has 1 aliphatic heterocycles. The number of nitrogens with zero attached hydrogens (tertiary/aromatic N) is 1. The van der Waals surface area contributed by atoms with Gasteiger partial charge < -0.3 is 20.1 Å². The molecule has 9 heteroatoms. The van der Waals surface area contributed by atoms with E-state index in [0.29, 0.717) is 42.1 Å². The fourth-order valence-corrected chi connectivity index (χ4v) is 4.31. The second kappa shape index (κ2) is 12.3. The molecule has 3 aromatic rings. The molecule has 0 bridgehead atoms. The number of carbonyl (C=O) groups is 3. The average Bonchev–Trinajstić information content (AvgIpc) is 3.14. The number of imide groups is 1. The van der Waals surface area contributed by atoms with Gasteiger partial charge in [-0.1, -0.05) is 54.1 Å². The Balaban J connectivity index is 1.35. The summed E-state index contributed by atoms with van der Waals surface area (Å²) in [5, 5.41) is 5.65. The first kappa shape index (κ1) is 26.8. The van der Waals surface area contributed by atoms with Gasteiger partial charge in [-0.05, 0) is 54.3 Å². The minimum absolute atomic E-state index is 0.00394. The first-order valence-corrected chi connectivity index (χ1v) is 12.4. The van der Waals surface area contributed by atoms with Crippen LogP contribution in [0.5, 0.6) is 11.5 Å². The van der Waals surface area contributed by atoms with Crippen molar-refractivity contribution in [3.05, 3.63) is 100 Å². The summed E-state index contributed by atoms with van der Waals surface area (Å²) in [6.45, 7) is 0.623. The Kier molecular flexibility index (Phi) is 8.66. The van der Waals surface area contributed by atoms with Gasteiger partial charge in [0, 0.05) is 24.3 Å². The van der Waals surface area contributed by atoms with E-state index in [1.54, 1.807) is 38.5 Å². The van der Waals surface area contributed by atoms with Gasteiger partial charge in [0.05, 0.1) is 14.2 Å². The molecule has 1 aliphatic rings. The highest BCUT2D eigenvalue weighted by molar-refractivity contribution is 6.48. The lowest BCUT2D eigenvalue weighted by Crippen LogP contribution is -2.34. The third-order valence-electron chi connectivity index (χ3n) is 6.12. The summed E-state index contributed by atoms with van der Waals surface area (Å²) in [5.74, 6) is -0.0457. The molecule has 3 amide bonds. The van der Waals surface area contributed by atoms with Gasteiger partial charge in [-0.2, -0.15) is 0 Å². The second-order valence-electron chi connectivity index (χ2n) is 8.59. The lowest BCUT2D eigenvalue weighted by molar-refractivity contribution is -0.137. The highest BCUT2D eigenvalue weighted by Gasteiger charge is 2.37. The number of halogens is 1. The third-order valence-corrected chi connectivity index (χ3v) is 6.47. The van der Waals surface area contributed by atoms with E-state index in [9.17, 15) is 14.4 Å². The zero-order valence-corrected chi connectivity index (χ0v) is 21.9. The van der Waals surface area contributed by atoms with Gasteiger partial charge in [0.2, 0.25) is 0 Å². The molecule has 3 aromatic carbocycles. The fourth-order valence-electron chi connectivity index (χ4n) is 4.08. The van der Waals surface area contributed by atoms with Crippen LogP contribution < -0.4 is 20.1 Å². The molecule has 0 atom stereocenters. The Bertz CT molecular complexity index is 1370. The van der Waals surface area contributed by atoms with E-state index in [1.807, 2.05) is 48.5 Å². The molecule has 0 aromatic heterocycles. The minimum atomic E-state index is -0.542. The van der Waals surface area contributed by atoms with Crippen molar-refractivity contribution < 1.29 is 23.9 Å². The number of hydrogen-bond acceptors (Lipinski definition) is 6. The van der Waals surface area contributed by atoms with Crippen molar-refractivity contribution in [3.8, 4) is 11.5 Å². The van der Waals surface area contributed by atoms with Crippen LogP contribution in [-0.2, 0) is 22.4 Å². The number of benzene rings is 3. The summed E-state index contributed by atoms with van der Waals surface area (Å²) in [6, 6.07) is 21.8. The molecule has 0 radical (unpaired) electrons. The summed E-state index contributed by atoms with van der Waals surface area (Å²) in [5.41, 5.74) is 2.86. The van der Waals surface area contributed by atoms with Crippen molar-refractivity contribution in [2.24, 2.45) is 0 Å². The van der Waals surface area contributed by atoms with Crippen LogP contribution in [0.3, 0.4) is 0 Å². The monoisotopic (exact) mass is 533 g/mol. The van der Waals surface area contributed by atoms with Gasteiger partial charge >= 0.3 is 0 Å². The van der Waals surface area contributed by atoms with Gasteiger partial charge in [0.15, 0.2) is 11.5 Å². The van der Waals surface area contributed by atoms with Crippen molar-refractivity contribution in [2.45, 2.75) is 12.8 Å². The van der Waals surface area contributed by atoms with E-state index in [1.165, 1.54) is 0 Å². The van der Waals surface area contributed by atoms with Gasteiger partial charge in [-0.3, -0.25) is 19.3 Å². The highest BCUT2D eigenvalue weighted by Crippen LogP contribution is 2.28. The molecule has 0 spiro atoms. The van der Waals surface area contributed by atoms with Crippen molar-refractivity contribution in [3.63, 3.8) is 0 Å². The number of anilines is 1. The maximum absolute atomic E-state index is 12.9. The summed E-state index contributed by atoms with van der Waals surface area (Å²) in [4.78, 5) is 39.4. The number of methoxy groups -OCH3 is 2. The Morgan fingerprint density at radius 2 is 1.61 bits per heavy atom. The predicted octanol–water partition coefficient (Wildman–Crippen LogP) is 4.15. The molecule has 0 saturated heterocycles. The number of carbonyl (C=O) groups excluding carboxylic acids is 3. The van der Waals surface area contributed by atoms with Crippen molar-refractivity contribution in [2.75, 3.05) is 32.6 Å². The summed E-state index contributed by atoms with van der Waals surface area (Å²) in [6.07, 6.45) is 1.12. The average molecular weight is 534 g/mol. The van der Waals surface area contributed by atoms with Gasteiger partial charge in [-0.15, -0.1) is 0 Å². The zero-order chi connectivity index (χ0) is 27.1. The van der Waals surface area contributed by atoms with Crippen LogP contribution in [0.2, 0.25) is 0 Å². The molecule has 0 unspecified atom stereocenters. The Morgan fingerprint density at radius 1 is 0.842 bits per heavy atom. The summed E-state index contributed by atoms with van der Waals surface area (Å²) >= 11 is 6.23. The molecule has 0 saturated carbocycles. The third kappa shape index (κ3) is 6.15. The zero-order valence-electron chi connectivity index (χ0n) is 21.1. The van der Waals surface area contributed by atoms with Crippen LogP contribution in [0.4, 0.5) is 5.69 Å². The Labute approximate surface area is 226 Å². The van der Waals surface area contributed by atoms with Crippen molar-refractivity contribution >= 4 is 35.0 Å². The van der Waals surface area contributed by atoms with Crippen LogP contribution in [0.25, 0.3) is 0 Å². The van der Waals surface area contributed by atoms with E-state index in [0.717, 1.165) is 16.0 Å². The van der Waals surface area contributed by atoms with Crippen molar-refractivity contribution in [1.29, 1.82) is 0 Å². The smallest absolute Gasteiger partial charge is 0.278 e. The van der Waals surface area contributed by atoms with Crippen LogP contribution in [0.15, 0.2) is 83.5 Å². The Hall–Kier alpha value is -4.30. The maximum atomic E-state index is 12.9. The molecule has 0 fully saturated rings. The first-order valence-electron chi connectivity index (χ1n) is 12.1. The molecule has 4 rings (SSSR count). The van der Waals surface area contributed by atoms with Gasteiger partial charge in [0.25, 0.3) is 17.7 Å². The maximum Gasteiger partial charge on any atom is 0.278 e. The number of rotatable bonds is 11. The molecule has 1 heterocycles. The molecular weight excluding hydrogens is 506 g/mol. The lowest BCUT2D eigenvalue weighted by atomic mass is 10.1. The van der Waals surface area contributed by atoms with E-state index in [-0.39, 0.29) is 23.2 Å².